The molecule has 1 unspecified atom stereocenters. The highest BCUT2D eigenvalue weighted by Gasteiger charge is 2.22. The Bertz CT molecular complexity index is 282. The van der Waals surface area contributed by atoms with Gasteiger partial charge in [-0.2, -0.15) is 0 Å². The van der Waals surface area contributed by atoms with Crippen LogP contribution in [0.1, 0.15) is 12.8 Å². The Morgan fingerprint density at radius 1 is 1.62 bits per heavy atom. The summed E-state index contributed by atoms with van der Waals surface area (Å²) in [5, 5.41) is 11.0. The molecular weight excluding hydrogens is 168 g/mol. The molecule has 1 atom stereocenters. The van der Waals surface area contributed by atoms with Crippen molar-refractivity contribution in [2.75, 3.05) is 19.3 Å². The highest BCUT2D eigenvalue weighted by Crippen LogP contribution is 2.16. The Kier molecular flexibility index (Phi) is 2.13. The number of nitrogens with zero attached hydrogens (tertiary/aromatic N) is 5. The number of nitrogen functional groups attached to an aromatic ring is 1. The number of likely N-dealkylation sites (tertiary alicyclic amines) is 1. The van der Waals surface area contributed by atoms with Gasteiger partial charge in [0.2, 0.25) is 5.95 Å². The molecular formula is C7H14N6. The van der Waals surface area contributed by atoms with E-state index in [0.717, 1.165) is 13.1 Å². The Hall–Kier alpha value is -1.17. The summed E-state index contributed by atoms with van der Waals surface area (Å²) in [7, 11) is 2.12. The van der Waals surface area contributed by atoms with Crippen LogP contribution in [0.5, 0.6) is 0 Å². The lowest BCUT2D eigenvalue weighted by Gasteiger charge is -2.18. The fourth-order valence-corrected chi connectivity index (χ4v) is 1.75. The quantitative estimate of drug-likeness (QED) is 0.658. The van der Waals surface area contributed by atoms with Crippen LogP contribution >= 0.6 is 0 Å². The number of tetrazole rings is 1. The van der Waals surface area contributed by atoms with Gasteiger partial charge in [0, 0.05) is 6.04 Å². The first-order valence-electron chi connectivity index (χ1n) is 4.49. The van der Waals surface area contributed by atoms with E-state index in [0.29, 0.717) is 12.0 Å². The fraction of sp³-hybridized carbons (Fsp3) is 0.857. The van der Waals surface area contributed by atoms with Gasteiger partial charge in [-0.15, -0.1) is 0 Å². The topological polar surface area (TPSA) is 72.9 Å². The van der Waals surface area contributed by atoms with E-state index in [1.54, 1.807) is 4.68 Å². The minimum Gasteiger partial charge on any atom is -0.367 e. The van der Waals surface area contributed by atoms with Crippen molar-refractivity contribution >= 4 is 5.95 Å². The zero-order valence-corrected chi connectivity index (χ0v) is 7.72. The van der Waals surface area contributed by atoms with Gasteiger partial charge in [0.1, 0.15) is 0 Å². The summed E-state index contributed by atoms with van der Waals surface area (Å²) in [5.74, 6) is 0.403. The first kappa shape index (κ1) is 8.43. The number of hydrogen-bond acceptors (Lipinski definition) is 5. The Balaban J connectivity index is 2.01. The second-order valence-electron chi connectivity index (χ2n) is 3.50. The second-order valence-corrected chi connectivity index (χ2v) is 3.50. The van der Waals surface area contributed by atoms with E-state index in [-0.39, 0.29) is 0 Å². The zero-order valence-electron chi connectivity index (χ0n) is 7.72. The summed E-state index contributed by atoms with van der Waals surface area (Å²) in [6.07, 6.45) is 2.46. The molecule has 1 aliphatic rings. The van der Waals surface area contributed by atoms with Crippen LogP contribution < -0.4 is 5.73 Å². The minimum absolute atomic E-state index is 0.403. The lowest BCUT2D eigenvalue weighted by atomic mass is 10.2. The molecule has 0 radical (unpaired) electrons. The maximum absolute atomic E-state index is 5.57. The third-order valence-corrected chi connectivity index (χ3v) is 2.61. The van der Waals surface area contributed by atoms with E-state index in [9.17, 15) is 0 Å². The second kappa shape index (κ2) is 3.29. The predicted molar refractivity (Wildman–Crippen MR) is 47.9 cm³/mol. The van der Waals surface area contributed by atoms with Crippen LogP contribution in [0.15, 0.2) is 0 Å². The average molecular weight is 182 g/mol. The summed E-state index contributed by atoms with van der Waals surface area (Å²) in [6.45, 7) is 1.96. The van der Waals surface area contributed by atoms with Crippen molar-refractivity contribution in [3.8, 4) is 0 Å². The number of likely N-dealkylation sites (N-methyl/N-ethyl adjacent to an activating group) is 1. The smallest absolute Gasteiger partial charge is 0.240 e. The normalized spacial score (nSPS) is 23.9. The van der Waals surface area contributed by atoms with E-state index in [4.69, 9.17) is 5.73 Å². The molecule has 2 heterocycles. The van der Waals surface area contributed by atoms with Gasteiger partial charge in [0.25, 0.3) is 0 Å². The van der Waals surface area contributed by atoms with Crippen LogP contribution in [0.25, 0.3) is 0 Å². The van der Waals surface area contributed by atoms with E-state index >= 15 is 0 Å². The van der Waals surface area contributed by atoms with Crippen LogP contribution in [-0.2, 0) is 6.54 Å². The highest BCUT2D eigenvalue weighted by molar-refractivity contribution is 5.10. The Morgan fingerprint density at radius 2 is 2.46 bits per heavy atom. The summed E-state index contributed by atoms with van der Waals surface area (Å²) in [5.41, 5.74) is 5.57. The molecule has 2 N–H and O–H groups in total. The van der Waals surface area contributed by atoms with Crippen LogP contribution in [0.3, 0.4) is 0 Å². The fourth-order valence-electron chi connectivity index (χ4n) is 1.75. The molecule has 1 aromatic rings. The van der Waals surface area contributed by atoms with Gasteiger partial charge in [0.05, 0.1) is 6.54 Å². The largest absolute Gasteiger partial charge is 0.367 e. The SMILES string of the molecule is CN1CCCC1Cn1nnnc1N. The van der Waals surface area contributed by atoms with Crippen molar-refractivity contribution in [3.63, 3.8) is 0 Å². The minimum atomic E-state index is 0.403. The molecule has 0 saturated carbocycles. The number of rotatable bonds is 2. The van der Waals surface area contributed by atoms with Crippen molar-refractivity contribution in [3.05, 3.63) is 0 Å². The standard InChI is InChI=1S/C7H14N6/c1-12-4-2-3-6(12)5-13-7(8)9-10-11-13/h6H,2-5H2,1H3,(H2,8,9,11). The van der Waals surface area contributed by atoms with Crippen molar-refractivity contribution < 1.29 is 0 Å². The van der Waals surface area contributed by atoms with Gasteiger partial charge < -0.3 is 10.6 Å². The van der Waals surface area contributed by atoms with Gasteiger partial charge in [-0.3, -0.25) is 0 Å². The van der Waals surface area contributed by atoms with Crippen LogP contribution in [0, 0.1) is 0 Å². The molecule has 0 bridgehead atoms. The number of hydrogen-bond donors (Lipinski definition) is 1. The van der Waals surface area contributed by atoms with Gasteiger partial charge in [0.15, 0.2) is 0 Å². The first-order valence-corrected chi connectivity index (χ1v) is 4.49. The van der Waals surface area contributed by atoms with Crippen LogP contribution in [0.2, 0.25) is 0 Å². The summed E-state index contributed by atoms with van der Waals surface area (Å²) >= 11 is 0. The van der Waals surface area contributed by atoms with Crippen molar-refractivity contribution in [2.24, 2.45) is 0 Å². The first-order chi connectivity index (χ1) is 6.27. The lowest BCUT2D eigenvalue weighted by molar-refractivity contribution is 0.274. The van der Waals surface area contributed by atoms with Gasteiger partial charge in [-0.05, 0) is 36.9 Å². The predicted octanol–water partition coefficient (Wildman–Crippen LogP) is -0.650. The number of anilines is 1. The molecule has 0 aromatic carbocycles. The highest BCUT2D eigenvalue weighted by atomic mass is 15.6. The maximum atomic E-state index is 5.57. The Morgan fingerprint density at radius 3 is 3.00 bits per heavy atom. The Labute approximate surface area is 76.7 Å². The van der Waals surface area contributed by atoms with E-state index in [2.05, 4.69) is 27.5 Å². The van der Waals surface area contributed by atoms with Crippen LogP contribution in [0.4, 0.5) is 5.95 Å². The molecule has 0 aliphatic carbocycles. The lowest BCUT2D eigenvalue weighted by Crippen LogP contribution is -2.30. The molecule has 0 amide bonds. The van der Waals surface area contributed by atoms with Gasteiger partial charge in [-0.25, -0.2) is 4.68 Å². The van der Waals surface area contributed by atoms with Crippen molar-refractivity contribution in [2.45, 2.75) is 25.4 Å². The summed E-state index contributed by atoms with van der Waals surface area (Å²) in [6, 6.07) is 0.533. The molecule has 2 rings (SSSR count). The molecule has 1 fully saturated rings. The summed E-state index contributed by atoms with van der Waals surface area (Å²) in [4.78, 5) is 2.32. The van der Waals surface area contributed by atoms with Crippen molar-refractivity contribution in [1.82, 2.24) is 25.1 Å². The summed E-state index contributed by atoms with van der Waals surface area (Å²) < 4.78 is 1.66. The molecule has 0 spiro atoms. The zero-order chi connectivity index (χ0) is 9.26. The number of aromatic nitrogens is 4. The molecule has 6 heteroatoms. The monoisotopic (exact) mass is 182 g/mol. The molecule has 13 heavy (non-hydrogen) atoms. The van der Waals surface area contributed by atoms with Gasteiger partial charge >= 0.3 is 0 Å². The van der Waals surface area contributed by atoms with Gasteiger partial charge in [-0.1, -0.05) is 5.10 Å². The molecule has 72 valence electrons. The molecule has 6 nitrogen and oxygen atoms in total. The molecule has 1 aromatic heterocycles. The molecule has 1 saturated heterocycles. The average Bonchev–Trinajstić information content (AvgIpc) is 2.65. The molecule has 1 aliphatic heterocycles. The van der Waals surface area contributed by atoms with Crippen LogP contribution in [-0.4, -0.2) is 44.7 Å². The van der Waals surface area contributed by atoms with E-state index in [1.165, 1.54) is 12.8 Å². The van der Waals surface area contributed by atoms with E-state index < -0.39 is 0 Å². The maximum Gasteiger partial charge on any atom is 0.240 e. The number of nitrogens with two attached hydrogens (primary N) is 1. The van der Waals surface area contributed by atoms with E-state index in [1.807, 2.05) is 0 Å². The third kappa shape index (κ3) is 1.62. The van der Waals surface area contributed by atoms with Crippen molar-refractivity contribution in [1.29, 1.82) is 0 Å². The third-order valence-electron chi connectivity index (χ3n) is 2.61.